The summed E-state index contributed by atoms with van der Waals surface area (Å²) in [6.45, 7) is 11.5. The van der Waals surface area contributed by atoms with Crippen molar-refractivity contribution in [1.82, 2.24) is 0 Å². The van der Waals surface area contributed by atoms with Crippen LogP contribution in [0.1, 0.15) is 78.1 Å². The standard InChI is InChI=1S/C18H36N.BrH/c1-5-7-8-9-10-12-16-19(4)17-13-11-15-18(19,3)14-6-2;/h6H,2,5,7-17H2,1,3-4H3;1H/q+1;/p-1. The van der Waals surface area contributed by atoms with Gasteiger partial charge in [-0.3, -0.25) is 0 Å². The van der Waals surface area contributed by atoms with E-state index in [0.717, 1.165) is 0 Å². The van der Waals surface area contributed by atoms with Crippen LogP contribution in [0.3, 0.4) is 0 Å². The van der Waals surface area contributed by atoms with E-state index in [1.807, 2.05) is 0 Å². The second-order valence-corrected chi connectivity index (χ2v) is 7.06. The van der Waals surface area contributed by atoms with Gasteiger partial charge in [0.25, 0.3) is 0 Å². The average molecular weight is 346 g/mol. The summed E-state index contributed by atoms with van der Waals surface area (Å²) in [6.07, 6.45) is 16.0. The van der Waals surface area contributed by atoms with E-state index in [9.17, 15) is 0 Å². The quantitative estimate of drug-likeness (QED) is 0.341. The van der Waals surface area contributed by atoms with Crippen molar-refractivity contribution in [2.24, 2.45) is 0 Å². The molecule has 120 valence electrons. The summed E-state index contributed by atoms with van der Waals surface area (Å²) < 4.78 is 1.28. The summed E-state index contributed by atoms with van der Waals surface area (Å²) in [7, 11) is 2.49. The van der Waals surface area contributed by atoms with Crippen molar-refractivity contribution >= 4 is 0 Å². The summed E-state index contributed by atoms with van der Waals surface area (Å²) in [5, 5.41) is 0. The number of likely N-dealkylation sites (tertiary alicyclic amines) is 1. The molecule has 0 aromatic carbocycles. The Morgan fingerprint density at radius 1 is 1.10 bits per heavy atom. The highest BCUT2D eigenvalue weighted by Crippen LogP contribution is 2.37. The Balaban J connectivity index is 0.00000361. The normalized spacial score (nSPS) is 29.8. The minimum atomic E-state index is 0. The van der Waals surface area contributed by atoms with Crippen molar-refractivity contribution < 1.29 is 21.5 Å². The van der Waals surface area contributed by atoms with Crippen molar-refractivity contribution in [2.75, 3.05) is 20.1 Å². The predicted octanol–water partition coefficient (Wildman–Crippen LogP) is 2.32. The maximum absolute atomic E-state index is 3.99. The van der Waals surface area contributed by atoms with Gasteiger partial charge in [-0.05, 0) is 32.6 Å². The van der Waals surface area contributed by atoms with Crippen molar-refractivity contribution in [3.63, 3.8) is 0 Å². The first-order valence-electron chi connectivity index (χ1n) is 8.53. The molecule has 0 aliphatic carbocycles. The Morgan fingerprint density at radius 2 is 1.75 bits per heavy atom. The number of piperidine rings is 1. The Kier molecular flexibility index (Phi) is 10.1. The van der Waals surface area contributed by atoms with Crippen LogP contribution in [-0.4, -0.2) is 30.2 Å². The molecule has 1 nitrogen and oxygen atoms in total. The van der Waals surface area contributed by atoms with E-state index in [-0.39, 0.29) is 17.0 Å². The van der Waals surface area contributed by atoms with Crippen LogP contribution >= 0.6 is 0 Å². The summed E-state index contributed by atoms with van der Waals surface area (Å²) in [6, 6.07) is 0. The zero-order chi connectivity index (χ0) is 14.2. The SMILES string of the molecule is C=CCC1(C)CCCC[N+]1(C)CCCCCCCC.[Br-]. The Morgan fingerprint density at radius 3 is 2.40 bits per heavy atom. The largest absolute Gasteiger partial charge is 1.00 e. The van der Waals surface area contributed by atoms with Gasteiger partial charge in [0.15, 0.2) is 0 Å². The van der Waals surface area contributed by atoms with E-state index in [2.05, 4.69) is 33.6 Å². The van der Waals surface area contributed by atoms with E-state index in [4.69, 9.17) is 0 Å². The maximum Gasteiger partial charge on any atom is 0.0996 e. The van der Waals surface area contributed by atoms with Crippen LogP contribution in [0.2, 0.25) is 0 Å². The number of hydrogen-bond donors (Lipinski definition) is 0. The molecule has 1 saturated heterocycles. The Hall–Kier alpha value is 0.180. The van der Waals surface area contributed by atoms with Crippen molar-refractivity contribution in [1.29, 1.82) is 0 Å². The van der Waals surface area contributed by atoms with E-state index in [1.54, 1.807) is 0 Å². The molecule has 1 heterocycles. The molecule has 0 aromatic heterocycles. The molecule has 1 aliphatic rings. The molecular formula is C18H36BrN. The van der Waals surface area contributed by atoms with Crippen LogP contribution in [0.25, 0.3) is 0 Å². The fourth-order valence-electron chi connectivity index (χ4n) is 3.76. The number of rotatable bonds is 9. The van der Waals surface area contributed by atoms with E-state index in [0.29, 0.717) is 5.54 Å². The fraction of sp³-hybridized carbons (Fsp3) is 0.889. The lowest BCUT2D eigenvalue weighted by atomic mass is 9.82. The lowest BCUT2D eigenvalue weighted by molar-refractivity contribution is -0.962. The topological polar surface area (TPSA) is 0 Å². The van der Waals surface area contributed by atoms with Gasteiger partial charge in [-0.25, -0.2) is 0 Å². The molecule has 0 N–H and O–H groups in total. The first kappa shape index (κ1) is 20.2. The molecule has 2 heteroatoms. The molecule has 0 aromatic rings. The smallest absolute Gasteiger partial charge is 0.0996 e. The maximum atomic E-state index is 3.99. The van der Waals surface area contributed by atoms with Gasteiger partial charge in [0.1, 0.15) is 0 Å². The first-order valence-corrected chi connectivity index (χ1v) is 8.53. The Labute approximate surface area is 138 Å². The number of hydrogen-bond acceptors (Lipinski definition) is 0. The zero-order valence-electron chi connectivity index (χ0n) is 14.1. The van der Waals surface area contributed by atoms with Gasteiger partial charge in [-0.15, -0.1) is 6.58 Å². The molecule has 0 radical (unpaired) electrons. The van der Waals surface area contributed by atoms with Crippen LogP contribution in [-0.2, 0) is 0 Å². The third-order valence-corrected chi connectivity index (χ3v) is 5.51. The molecule has 20 heavy (non-hydrogen) atoms. The highest BCUT2D eigenvalue weighted by Gasteiger charge is 2.44. The Bertz CT molecular complexity index is 266. The third kappa shape index (κ3) is 5.52. The van der Waals surface area contributed by atoms with Gasteiger partial charge in [-0.1, -0.05) is 38.7 Å². The van der Waals surface area contributed by atoms with E-state index in [1.165, 1.54) is 81.8 Å². The van der Waals surface area contributed by atoms with Gasteiger partial charge in [0.2, 0.25) is 0 Å². The van der Waals surface area contributed by atoms with Gasteiger partial charge >= 0.3 is 0 Å². The molecule has 0 spiro atoms. The van der Waals surface area contributed by atoms with Crippen molar-refractivity contribution in [3.8, 4) is 0 Å². The number of unbranched alkanes of at least 4 members (excludes halogenated alkanes) is 5. The molecule has 0 bridgehead atoms. The molecule has 1 rings (SSSR count). The second-order valence-electron chi connectivity index (χ2n) is 7.06. The molecule has 0 saturated carbocycles. The first-order chi connectivity index (χ1) is 9.08. The van der Waals surface area contributed by atoms with Gasteiger partial charge in [0.05, 0.1) is 25.7 Å². The minimum absolute atomic E-state index is 0. The molecule has 0 amide bonds. The fourth-order valence-corrected chi connectivity index (χ4v) is 3.76. The summed E-state index contributed by atoms with van der Waals surface area (Å²) in [5.74, 6) is 0. The predicted molar refractivity (Wildman–Crippen MR) is 86.4 cm³/mol. The lowest BCUT2D eigenvalue weighted by Gasteiger charge is -2.52. The van der Waals surface area contributed by atoms with Gasteiger partial charge < -0.3 is 21.5 Å². The van der Waals surface area contributed by atoms with Crippen molar-refractivity contribution in [2.45, 2.75) is 83.6 Å². The summed E-state index contributed by atoms with van der Waals surface area (Å²) >= 11 is 0. The van der Waals surface area contributed by atoms with Crippen LogP contribution in [0.5, 0.6) is 0 Å². The number of halogens is 1. The molecule has 2 atom stereocenters. The van der Waals surface area contributed by atoms with E-state index < -0.39 is 0 Å². The summed E-state index contributed by atoms with van der Waals surface area (Å²) in [4.78, 5) is 0. The average Bonchev–Trinajstić information content (AvgIpc) is 2.38. The van der Waals surface area contributed by atoms with Crippen molar-refractivity contribution in [3.05, 3.63) is 12.7 Å². The molecule has 1 aliphatic heterocycles. The zero-order valence-corrected chi connectivity index (χ0v) is 15.7. The van der Waals surface area contributed by atoms with Crippen LogP contribution in [0.15, 0.2) is 12.7 Å². The highest BCUT2D eigenvalue weighted by molar-refractivity contribution is 4.87. The lowest BCUT2D eigenvalue weighted by Crippen LogP contribution is -3.00. The van der Waals surface area contributed by atoms with Crippen LogP contribution in [0, 0.1) is 0 Å². The molecule has 2 unspecified atom stereocenters. The van der Waals surface area contributed by atoms with Crippen LogP contribution in [0.4, 0.5) is 0 Å². The minimum Gasteiger partial charge on any atom is -1.00 e. The van der Waals surface area contributed by atoms with E-state index >= 15 is 0 Å². The second kappa shape index (κ2) is 10.00. The number of quaternary nitrogens is 1. The highest BCUT2D eigenvalue weighted by atomic mass is 79.9. The molecular weight excluding hydrogens is 310 g/mol. The van der Waals surface area contributed by atoms with Crippen LogP contribution < -0.4 is 17.0 Å². The van der Waals surface area contributed by atoms with Gasteiger partial charge in [0, 0.05) is 12.8 Å². The van der Waals surface area contributed by atoms with Gasteiger partial charge in [-0.2, -0.15) is 0 Å². The number of nitrogens with zero attached hydrogens (tertiary/aromatic N) is 1. The monoisotopic (exact) mass is 345 g/mol. The molecule has 1 fully saturated rings. The summed E-state index contributed by atoms with van der Waals surface area (Å²) in [5.41, 5.74) is 0.448. The third-order valence-electron chi connectivity index (χ3n) is 5.51.